The monoisotopic (exact) mass is 275 g/mol. The number of thiazole rings is 1. The molecule has 0 radical (unpaired) electrons. The molecule has 0 saturated carbocycles. The predicted molar refractivity (Wildman–Crippen MR) is 81.6 cm³/mol. The molecule has 1 aromatic heterocycles. The Labute approximate surface area is 118 Å². The van der Waals surface area contributed by atoms with E-state index in [2.05, 4.69) is 41.0 Å². The van der Waals surface area contributed by atoms with Crippen LogP contribution in [0.3, 0.4) is 0 Å². The Bertz CT molecular complexity index is 504. The van der Waals surface area contributed by atoms with Crippen LogP contribution in [0.5, 0.6) is 0 Å². The van der Waals surface area contributed by atoms with Crippen LogP contribution in [0.2, 0.25) is 0 Å². The van der Waals surface area contributed by atoms with Gasteiger partial charge in [-0.2, -0.15) is 0 Å². The van der Waals surface area contributed by atoms with Gasteiger partial charge in [0.25, 0.3) is 0 Å². The number of fused-ring (bicyclic) bond motifs is 1. The lowest BCUT2D eigenvalue weighted by atomic mass is 10.3. The molecule has 0 unspecified atom stereocenters. The van der Waals surface area contributed by atoms with Gasteiger partial charge in [-0.15, -0.1) is 11.3 Å². The second-order valence-electron chi connectivity index (χ2n) is 5.14. The molecule has 1 aliphatic rings. The molecule has 1 aliphatic heterocycles. The fourth-order valence-electron chi connectivity index (χ4n) is 2.68. The van der Waals surface area contributed by atoms with Crippen LogP contribution in [0.4, 0.5) is 0 Å². The summed E-state index contributed by atoms with van der Waals surface area (Å²) in [4.78, 5) is 9.83. The van der Waals surface area contributed by atoms with Gasteiger partial charge in [-0.05, 0) is 38.2 Å². The summed E-state index contributed by atoms with van der Waals surface area (Å²) in [6, 6.07) is 8.43. The molecule has 3 rings (SSSR count). The van der Waals surface area contributed by atoms with Crippen molar-refractivity contribution in [3.05, 3.63) is 29.3 Å². The molecule has 0 atom stereocenters. The molecule has 0 amide bonds. The molecule has 102 valence electrons. The van der Waals surface area contributed by atoms with Crippen LogP contribution in [0.25, 0.3) is 10.2 Å². The zero-order valence-corrected chi connectivity index (χ0v) is 12.3. The highest BCUT2D eigenvalue weighted by molar-refractivity contribution is 7.18. The van der Waals surface area contributed by atoms with Gasteiger partial charge in [0.15, 0.2) is 0 Å². The van der Waals surface area contributed by atoms with E-state index in [4.69, 9.17) is 4.98 Å². The molecule has 0 bridgehead atoms. The third-order valence-corrected chi connectivity index (χ3v) is 4.85. The molecular weight excluding hydrogens is 254 g/mol. The molecule has 19 heavy (non-hydrogen) atoms. The van der Waals surface area contributed by atoms with Crippen molar-refractivity contribution in [2.45, 2.75) is 19.9 Å². The summed E-state index contributed by atoms with van der Waals surface area (Å²) in [6.45, 7) is 9.25. The SMILES string of the molecule is CCN1CCCN(Cc2nc3ccccc3s2)CC1. The van der Waals surface area contributed by atoms with Crippen molar-refractivity contribution < 1.29 is 0 Å². The van der Waals surface area contributed by atoms with E-state index in [9.17, 15) is 0 Å². The highest BCUT2D eigenvalue weighted by Crippen LogP contribution is 2.22. The number of nitrogens with zero attached hydrogens (tertiary/aromatic N) is 3. The lowest BCUT2D eigenvalue weighted by molar-refractivity contribution is 0.257. The van der Waals surface area contributed by atoms with Gasteiger partial charge in [-0.3, -0.25) is 4.90 Å². The standard InChI is InChI=1S/C15H21N3S/c1-2-17-8-5-9-18(11-10-17)12-15-16-13-6-3-4-7-14(13)19-15/h3-4,6-7H,2,5,8-12H2,1H3. The van der Waals surface area contributed by atoms with Crippen molar-refractivity contribution in [3.63, 3.8) is 0 Å². The van der Waals surface area contributed by atoms with Crippen molar-refractivity contribution in [3.8, 4) is 0 Å². The Morgan fingerprint density at radius 2 is 1.89 bits per heavy atom. The van der Waals surface area contributed by atoms with Gasteiger partial charge in [0.05, 0.1) is 16.8 Å². The number of likely N-dealkylation sites (N-methyl/N-ethyl adjacent to an activating group) is 1. The van der Waals surface area contributed by atoms with E-state index in [1.54, 1.807) is 0 Å². The molecule has 2 heterocycles. The lowest BCUT2D eigenvalue weighted by Crippen LogP contribution is -2.30. The minimum absolute atomic E-state index is 1.01. The molecule has 1 saturated heterocycles. The second-order valence-corrected chi connectivity index (χ2v) is 6.25. The third-order valence-electron chi connectivity index (χ3n) is 3.83. The Kier molecular flexibility index (Phi) is 4.11. The maximum absolute atomic E-state index is 4.74. The van der Waals surface area contributed by atoms with E-state index in [1.165, 1.54) is 48.9 Å². The molecule has 1 fully saturated rings. The zero-order valence-electron chi connectivity index (χ0n) is 11.5. The van der Waals surface area contributed by atoms with Gasteiger partial charge in [0.1, 0.15) is 5.01 Å². The smallest absolute Gasteiger partial charge is 0.108 e. The van der Waals surface area contributed by atoms with Gasteiger partial charge in [-0.1, -0.05) is 19.1 Å². The number of para-hydroxylation sites is 1. The molecular formula is C15H21N3S. The van der Waals surface area contributed by atoms with E-state index >= 15 is 0 Å². The summed E-state index contributed by atoms with van der Waals surface area (Å²) in [6.07, 6.45) is 1.28. The lowest BCUT2D eigenvalue weighted by Gasteiger charge is -2.19. The molecule has 2 aromatic rings. The fourth-order valence-corrected chi connectivity index (χ4v) is 3.69. The first-order valence-corrected chi connectivity index (χ1v) is 7.96. The van der Waals surface area contributed by atoms with Crippen LogP contribution in [-0.2, 0) is 6.54 Å². The Balaban J connectivity index is 1.67. The first-order chi connectivity index (χ1) is 9.35. The average Bonchev–Trinajstić information content (AvgIpc) is 2.70. The summed E-state index contributed by atoms with van der Waals surface area (Å²) in [5.41, 5.74) is 1.15. The number of rotatable bonds is 3. The summed E-state index contributed by atoms with van der Waals surface area (Å²) in [5.74, 6) is 0. The number of hydrogen-bond donors (Lipinski definition) is 0. The predicted octanol–water partition coefficient (Wildman–Crippen LogP) is 2.82. The van der Waals surface area contributed by atoms with Crippen LogP contribution in [0, 0.1) is 0 Å². The van der Waals surface area contributed by atoms with Crippen LogP contribution in [0.15, 0.2) is 24.3 Å². The van der Waals surface area contributed by atoms with Crippen molar-refractivity contribution in [1.82, 2.24) is 14.8 Å². The molecule has 1 aromatic carbocycles. The normalized spacial score (nSPS) is 18.8. The van der Waals surface area contributed by atoms with E-state index < -0.39 is 0 Å². The van der Waals surface area contributed by atoms with Gasteiger partial charge in [-0.25, -0.2) is 4.98 Å². The average molecular weight is 275 g/mol. The van der Waals surface area contributed by atoms with Gasteiger partial charge in [0.2, 0.25) is 0 Å². The molecule has 0 N–H and O–H groups in total. The number of benzene rings is 1. The first-order valence-electron chi connectivity index (χ1n) is 7.14. The highest BCUT2D eigenvalue weighted by atomic mass is 32.1. The van der Waals surface area contributed by atoms with Gasteiger partial charge < -0.3 is 4.90 Å². The van der Waals surface area contributed by atoms with E-state index in [0.717, 1.165) is 12.1 Å². The maximum Gasteiger partial charge on any atom is 0.108 e. The van der Waals surface area contributed by atoms with E-state index in [-0.39, 0.29) is 0 Å². The Morgan fingerprint density at radius 3 is 2.74 bits per heavy atom. The summed E-state index contributed by atoms with van der Waals surface area (Å²) in [5, 5.41) is 1.26. The quantitative estimate of drug-likeness (QED) is 0.858. The number of hydrogen-bond acceptors (Lipinski definition) is 4. The van der Waals surface area contributed by atoms with Crippen LogP contribution in [-0.4, -0.2) is 47.5 Å². The Hall–Kier alpha value is -0.970. The molecule has 3 nitrogen and oxygen atoms in total. The fraction of sp³-hybridized carbons (Fsp3) is 0.533. The van der Waals surface area contributed by atoms with Crippen molar-refractivity contribution in [2.24, 2.45) is 0 Å². The maximum atomic E-state index is 4.74. The van der Waals surface area contributed by atoms with Gasteiger partial charge >= 0.3 is 0 Å². The summed E-state index contributed by atoms with van der Waals surface area (Å²) >= 11 is 1.84. The minimum Gasteiger partial charge on any atom is -0.302 e. The number of aromatic nitrogens is 1. The summed E-state index contributed by atoms with van der Waals surface area (Å²) < 4.78 is 1.31. The topological polar surface area (TPSA) is 19.4 Å². The molecule has 4 heteroatoms. The van der Waals surface area contributed by atoms with Crippen LogP contribution < -0.4 is 0 Å². The van der Waals surface area contributed by atoms with Crippen molar-refractivity contribution >= 4 is 21.6 Å². The largest absolute Gasteiger partial charge is 0.302 e. The Morgan fingerprint density at radius 1 is 1.11 bits per heavy atom. The highest BCUT2D eigenvalue weighted by Gasteiger charge is 2.15. The van der Waals surface area contributed by atoms with Crippen molar-refractivity contribution in [1.29, 1.82) is 0 Å². The second kappa shape index (κ2) is 5.99. The summed E-state index contributed by atoms with van der Waals surface area (Å²) in [7, 11) is 0. The van der Waals surface area contributed by atoms with Crippen LogP contribution in [0.1, 0.15) is 18.4 Å². The zero-order chi connectivity index (χ0) is 13.1. The van der Waals surface area contributed by atoms with E-state index in [0.29, 0.717) is 0 Å². The van der Waals surface area contributed by atoms with Crippen molar-refractivity contribution in [2.75, 3.05) is 32.7 Å². The first kappa shape index (κ1) is 13.0. The van der Waals surface area contributed by atoms with Crippen LogP contribution >= 0.6 is 11.3 Å². The minimum atomic E-state index is 1.01. The molecule has 0 aliphatic carbocycles. The van der Waals surface area contributed by atoms with Gasteiger partial charge in [0, 0.05) is 13.1 Å². The molecule has 0 spiro atoms. The van der Waals surface area contributed by atoms with E-state index in [1.807, 2.05) is 11.3 Å². The third kappa shape index (κ3) is 3.14.